The molecule has 0 aliphatic heterocycles. The van der Waals surface area contributed by atoms with E-state index < -0.39 is 6.04 Å². The molecule has 0 saturated carbocycles. The molecule has 0 aliphatic rings. The Bertz CT molecular complexity index is 765. The molecule has 2 aromatic rings. The van der Waals surface area contributed by atoms with Gasteiger partial charge in [-0.25, -0.2) is 0 Å². The summed E-state index contributed by atoms with van der Waals surface area (Å²) >= 11 is 7.26. The third-order valence-electron chi connectivity index (χ3n) is 4.02. The van der Waals surface area contributed by atoms with Crippen molar-refractivity contribution in [1.82, 2.24) is 15.5 Å². The maximum Gasteiger partial charge on any atom is 0.249 e. The van der Waals surface area contributed by atoms with Crippen molar-refractivity contribution >= 4 is 39.9 Å². The lowest BCUT2D eigenvalue weighted by Crippen LogP contribution is -2.47. The van der Waals surface area contributed by atoms with Crippen molar-refractivity contribution in [2.24, 2.45) is 5.92 Å². The molecule has 1 heterocycles. The van der Waals surface area contributed by atoms with E-state index in [2.05, 4.69) is 20.8 Å². The van der Waals surface area contributed by atoms with Crippen molar-refractivity contribution < 1.29 is 9.59 Å². The molecule has 1 aromatic heterocycles. The molecule has 0 fully saturated rings. The van der Waals surface area contributed by atoms with Crippen LogP contribution >= 0.6 is 22.9 Å². The summed E-state index contributed by atoms with van der Waals surface area (Å²) in [5.41, 5.74) is 0.838. The number of halogens is 1. The van der Waals surface area contributed by atoms with Crippen molar-refractivity contribution in [2.75, 3.05) is 5.32 Å². The number of nitrogens with zero attached hydrogens (tertiary/aromatic N) is 2. The summed E-state index contributed by atoms with van der Waals surface area (Å²) in [4.78, 5) is 24.6. The van der Waals surface area contributed by atoms with Crippen LogP contribution in [0.5, 0.6) is 0 Å². The Labute approximate surface area is 162 Å². The average molecular weight is 395 g/mol. The monoisotopic (exact) mass is 394 g/mol. The molecule has 2 amide bonds. The summed E-state index contributed by atoms with van der Waals surface area (Å²) in [5.74, 6) is -0.390. The van der Waals surface area contributed by atoms with Gasteiger partial charge in [-0.05, 0) is 24.5 Å². The van der Waals surface area contributed by atoms with Crippen LogP contribution in [-0.4, -0.2) is 28.1 Å². The molecule has 0 aliphatic carbocycles. The number of amides is 2. The highest BCUT2D eigenvalue weighted by Gasteiger charge is 2.26. The van der Waals surface area contributed by atoms with E-state index in [9.17, 15) is 9.59 Å². The highest BCUT2D eigenvalue weighted by Crippen LogP contribution is 2.28. The fraction of sp³-hybridized carbons (Fsp3) is 0.444. The SMILES string of the molecule is CCCC(=O)NC(C(=O)Nc1nnc(-c2cccc(Cl)c2)s1)C(C)CC. The first-order valence-electron chi connectivity index (χ1n) is 8.64. The van der Waals surface area contributed by atoms with Crippen molar-refractivity contribution in [3.8, 4) is 10.6 Å². The molecule has 0 bridgehead atoms. The van der Waals surface area contributed by atoms with Crippen LogP contribution in [0.4, 0.5) is 5.13 Å². The quantitative estimate of drug-likeness (QED) is 0.705. The second-order valence-corrected chi connectivity index (χ2v) is 7.51. The van der Waals surface area contributed by atoms with Crippen molar-refractivity contribution in [1.29, 1.82) is 0 Å². The van der Waals surface area contributed by atoms with E-state index in [1.807, 2.05) is 32.9 Å². The molecule has 26 heavy (non-hydrogen) atoms. The third kappa shape index (κ3) is 5.51. The number of aromatic nitrogens is 2. The first-order chi connectivity index (χ1) is 12.4. The van der Waals surface area contributed by atoms with Gasteiger partial charge < -0.3 is 5.32 Å². The van der Waals surface area contributed by atoms with Gasteiger partial charge in [0.05, 0.1) is 0 Å². The topological polar surface area (TPSA) is 84.0 Å². The molecule has 0 radical (unpaired) electrons. The molecule has 1 aromatic carbocycles. The number of carbonyl (C=O) groups is 2. The molecule has 6 nitrogen and oxygen atoms in total. The summed E-state index contributed by atoms with van der Waals surface area (Å²) in [7, 11) is 0. The maximum absolute atomic E-state index is 12.6. The van der Waals surface area contributed by atoms with Crippen LogP contribution in [0.3, 0.4) is 0 Å². The van der Waals surface area contributed by atoms with Crippen molar-refractivity contribution in [3.63, 3.8) is 0 Å². The lowest BCUT2D eigenvalue weighted by molar-refractivity contribution is -0.127. The van der Waals surface area contributed by atoms with Crippen LogP contribution in [0.1, 0.15) is 40.0 Å². The Hall–Kier alpha value is -1.99. The van der Waals surface area contributed by atoms with Crippen LogP contribution in [0.25, 0.3) is 10.6 Å². The molecule has 2 N–H and O–H groups in total. The maximum atomic E-state index is 12.6. The summed E-state index contributed by atoms with van der Waals surface area (Å²) < 4.78 is 0. The molecule has 2 atom stereocenters. The molecule has 140 valence electrons. The Morgan fingerprint density at radius 1 is 1.27 bits per heavy atom. The fourth-order valence-corrected chi connectivity index (χ4v) is 3.30. The first-order valence-corrected chi connectivity index (χ1v) is 9.83. The smallest absolute Gasteiger partial charge is 0.249 e. The van der Waals surface area contributed by atoms with E-state index in [4.69, 9.17) is 11.6 Å². The molecule has 2 rings (SSSR count). The Morgan fingerprint density at radius 3 is 2.69 bits per heavy atom. The first kappa shape index (κ1) is 20.3. The van der Waals surface area contributed by atoms with Crippen LogP contribution in [0.15, 0.2) is 24.3 Å². The van der Waals surface area contributed by atoms with Crippen LogP contribution in [0.2, 0.25) is 5.02 Å². The fourth-order valence-electron chi connectivity index (χ4n) is 2.37. The van der Waals surface area contributed by atoms with Gasteiger partial charge in [-0.15, -0.1) is 10.2 Å². The number of benzene rings is 1. The molecule has 0 saturated heterocycles. The number of nitrogens with one attached hydrogen (secondary N) is 2. The predicted octanol–water partition coefficient (Wildman–Crippen LogP) is 4.13. The van der Waals surface area contributed by atoms with Gasteiger partial charge in [0, 0.05) is 17.0 Å². The average Bonchev–Trinajstić information content (AvgIpc) is 3.07. The van der Waals surface area contributed by atoms with Crippen molar-refractivity contribution in [3.05, 3.63) is 29.3 Å². The van der Waals surface area contributed by atoms with E-state index in [-0.39, 0.29) is 17.7 Å². The Kier molecular flexibility index (Phi) is 7.53. The van der Waals surface area contributed by atoms with E-state index in [1.54, 1.807) is 12.1 Å². The zero-order chi connectivity index (χ0) is 19.1. The highest BCUT2D eigenvalue weighted by atomic mass is 35.5. The number of hydrogen-bond acceptors (Lipinski definition) is 5. The largest absolute Gasteiger partial charge is 0.344 e. The number of carbonyl (C=O) groups excluding carboxylic acids is 2. The van der Waals surface area contributed by atoms with Crippen molar-refractivity contribution in [2.45, 2.75) is 46.1 Å². The second kappa shape index (κ2) is 9.64. The molecule has 8 heteroatoms. The molecule has 2 unspecified atom stereocenters. The third-order valence-corrected chi connectivity index (χ3v) is 5.14. The predicted molar refractivity (Wildman–Crippen MR) is 105 cm³/mol. The van der Waals surface area contributed by atoms with Crippen LogP contribution in [0, 0.1) is 5.92 Å². The van der Waals surface area contributed by atoms with Crippen LogP contribution < -0.4 is 10.6 Å². The minimum absolute atomic E-state index is 0.0103. The van der Waals surface area contributed by atoms with Gasteiger partial charge in [-0.3, -0.25) is 14.9 Å². The molecular weight excluding hydrogens is 372 g/mol. The van der Waals surface area contributed by atoms with E-state index in [0.29, 0.717) is 21.6 Å². The van der Waals surface area contributed by atoms with Crippen LogP contribution in [-0.2, 0) is 9.59 Å². The zero-order valence-electron chi connectivity index (χ0n) is 15.1. The van der Waals surface area contributed by atoms with E-state index >= 15 is 0 Å². The Morgan fingerprint density at radius 2 is 2.04 bits per heavy atom. The molecular formula is C18H23ClN4O2S. The summed E-state index contributed by atoms with van der Waals surface area (Å²) in [6.45, 7) is 5.85. The summed E-state index contributed by atoms with van der Waals surface area (Å²) in [6, 6.07) is 6.69. The van der Waals surface area contributed by atoms with Gasteiger partial charge in [0.15, 0.2) is 0 Å². The van der Waals surface area contributed by atoms with Gasteiger partial charge >= 0.3 is 0 Å². The highest BCUT2D eigenvalue weighted by molar-refractivity contribution is 7.18. The number of hydrogen-bond donors (Lipinski definition) is 2. The molecule has 0 spiro atoms. The lowest BCUT2D eigenvalue weighted by atomic mass is 9.98. The summed E-state index contributed by atoms with van der Waals surface area (Å²) in [5, 5.41) is 15.4. The Balaban J connectivity index is 2.10. The number of anilines is 1. The summed E-state index contributed by atoms with van der Waals surface area (Å²) in [6.07, 6.45) is 1.91. The zero-order valence-corrected chi connectivity index (χ0v) is 16.7. The van der Waals surface area contributed by atoms with Gasteiger partial charge in [0.1, 0.15) is 11.0 Å². The normalized spacial score (nSPS) is 13.1. The minimum atomic E-state index is -0.599. The van der Waals surface area contributed by atoms with E-state index in [1.165, 1.54) is 11.3 Å². The second-order valence-electron chi connectivity index (χ2n) is 6.09. The van der Waals surface area contributed by atoms with Gasteiger partial charge in [-0.1, -0.05) is 62.3 Å². The standard InChI is InChI=1S/C18H23ClN4O2S/c1-4-7-14(24)20-15(11(3)5-2)16(25)21-18-23-22-17(26-18)12-8-6-9-13(19)10-12/h6,8-11,15H,4-5,7H2,1-3H3,(H,20,24)(H,21,23,25). The van der Waals surface area contributed by atoms with Gasteiger partial charge in [-0.2, -0.15) is 0 Å². The van der Waals surface area contributed by atoms with Gasteiger partial charge in [0.2, 0.25) is 16.9 Å². The number of rotatable bonds is 8. The van der Waals surface area contributed by atoms with Gasteiger partial charge in [0.25, 0.3) is 0 Å². The lowest BCUT2D eigenvalue weighted by Gasteiger charge is -2.22. The minimum Gasteiger partial charge on any atom is -0.344 e. The van der Waals surface area contributed by atoms with E-state index in [0.717, 1.165) is 18.4 Å².